The number of carbonyl (C=O) groups is 1. The molecule has 1 atom stereocenters. The quantitative estimate of drug-likeness (QED) is 0.896. The van der Waals surface area contributed by atoms with Crippen molar-refractivity contribution in [3.05, 3.63) is 47.8 Å². The van der Waals surface area contributed by atoms with Gasteiger partial charge in [0, 0.05) is 13.2 Å². The van der Waals surface area contributed by atoms with E-state index in [1.54, 1.807) is 31.0 Å². The van der Waals surface area contributed by atoms with Crippen molar-refractivity contribution in [1.29, 1.82) is 0 Å². The van der Waals surface area contributed by atoms with Crippen molar-refractivity contribution in [3.8, 4) is 5.75 Å². The van der Waals surface area contributed by atoms with Crippen LogP contribution in [0.2, 0.25) is 0 Å². The zero-order valence-corrected chi connectivity index (χ0v) is 11.9. The van der Waals surface area contributed by atoms with Crippen LogP contribution in [0.1, 0.15) is 29.0 Å². The van der Waals surface area contributed by atoms with E-state index in [1.807, 2.05) is 31.2 Å². The number of nitrogens with one attached hydrogen (secondary N) is 1. The molecule has 1 unspecified atom stereocenters. The molecular formula is C15H19N3O2. The van der Waals surface area contributed by atoms with E-state index >= 15 is 0 Å². The minimum Gasteiger partial charge on any atom is -0.497 e. The fourth-order valence-corrected chi connectivity index (χ4v) is 2.06. The molecule has 2 aromatic rings. The van der Waals surface area contributed by atoms with Gasteiger partial charge in [0.05, 0.1) is 18.8 Å². The highest BCUT2D eigenvalue weighted by molar-refractivity contribution is 5.94. The molecule has 0 bridgehead atoms. The largest absolute Gasteiger partial charge is 0.497 e. The van der Waals surface area contributed by atoms with Gasteiger partial charge < -0.3 is 20.4 Å². The van der Waals surface area contributed by atoms with Crippen molar-refractivity contribution >= 4 is 11.6 Å². The summed E-state index contributed by atoms with van der Waals surface area (Å²) < 4.78 is 6.83. The summed E-state index contributed by atoms with van der Waals surface area (Å²) in [5.41, 5.74) is 7.81. The number of methoxy groups -OCH3 is 1. The number of carbonyl (C=O) groups excluding carboxylic acids is 1. The molecule has 1 aromatic carbocycles. The molecule has 1 amide bonds. The molecule has 106 valence electrons. The van der Waals surface area contributed by atoms with Gasteiger partial charge in [-0.15, -0.1) is 0 Å². The number of amides is 1. The number of hydrogen-bond donors (Lipinski definition) is 2. The Morgan fingerprint density at radius 1 is 1.35 bits per heavy atom. The van der Waals surface area contributed by atoms with Crippen LogP contribution in [0.25, 0.3) is 0 Å². The van der Waals surface area contributed by atoms with Crippen LogP contribution in [0, 0.1) is 0 Å². The fraction of sp³-hybridized carbons (Fsp3) is 0.267. The summed E-state index contributed by atoms with van der Waals surface area (Å²) >= 11 is 0. The van der Waals surface area contributed by atoms with E-state index in [-0.39, 0.29) is 11.9 Å². The second-order valence-electron chi connectivity index (χ2n) is 4.74. The number of hydrogen-bond acceptors (Lipinski definition) is 3. The first-order valence-electron chi connectivity index (χ1n) is 6.38. The summed E-state index contributed by atoms with van der Waals surface area (Å²) in [4.78, 5) is 12.2. The second kappa shape index (κ2) is 5.69. The molecule has 0 saturated heterocycles. The van der Waals surface area contributed by atoms with Crippen LogP contribution in [0.15, 0.2) is 36.5 Å². The number of nitrogen functional groups attached to an aromatic ring is 1. The van der Waals surface area contributed by atoms with Gasteiger partial charge in [0.25, 0.3) is 5.91 Å². The molecule has 3 N–H and O–H groups in total. The molecule has 1 heterocycles. The SMILES string of the molecule is COc1ccc(C(C)NC(=O)c2cc(N)cn2C)cc1. The summed E-state index contributed by atoms with van der Waals surface area (Å²) in [7, 11) is 3.42. The summed E-state index contributed by atoms with van der Waals surface area (Å²) in [6.07, 6.45) is 1.72. The Hall–Kier alpha value is -2.43. The van der Waals surface area contributed by atoms with Gasteiger partial charge in [-0.3, -0.25) is 4.79 Å². The van der Waals surface area contributed by atoms with Crippen LogP contribution in [0.4, 0.5) is 5.69 Å². The standard InChI is InChI=1S/C15H19N3O2/c1-10(11-4-6-13(20-3)7-5-11)17-15(19)14-8-12(16)9-18(14)2/h4-10H,16H2,1-3H3,(H,17,19). The van der Waals surface area contributed by atoms with Gasteiger partial charge >= 0.3 is 0 Å². The number of nitrogens with two attached hydrogens (primary N) is 1. The van der Waals surface area contributed by atoms with Gasteiger partial charge in [0.1, 0.15) is 11.4 Å². The van der Waals surface area contributed by atoms with Gasteiger partial charge in [-0.05, 0) is 30.7 Å². The topological polar surface area (TPSA) is 69.3 Å². The number of rotatable bonds is 4. The van der Waals surface area contributed by atoms with Gasteiger partial charge in [-0.1, -0.05) is 12.1 Å². The smallest absolute Gasteiger partial charge is 0.268 e. The minimum atomic E-state index is -0.146. The van der Waals surface area contributed by atoms with Crippen molar-refractivity contribution in [2.45, 2.75) is 13.0 Å². The van der Waals surface area contributed by atoms with Crippen molar-refractivity contribution < 1.29 is 9.53 Å². The monoisotopic (exact) mass is 273 g/mol. The van der Waals surface area contributed by atoms with Crippen LogP contribution >= 0.6 is 0 Å². The number of benzene rings is 1. The first kappa shape index (κ1) is 14.0. The summed E-state index contributed by atoms with van der Waals surface area (Å²) in [6, 6.07) is 9.18. The summed E-state index contributed by atoms with van der Waals surface area (Å²) in [5, 5.41) is 2.95. The van der Waals surface area contributed by atoms with Gasteiger partial charge in [-0.25, -0.2) is 0 Å². The van der Waals surface area contributed by atoms with E-state index in [2.05, 4.69) is 5.32 Å². The number of nitrogens with zero attached hydrogens (tertiary/aromatic N) is 1. The molecule has 0 spiro atoms. The molecule has 0 aliphatic carbocycles. The van der Waals surface area contributed by atoms with E-state index < -0.39 is 0 Å². The lowest BCUT2D eigenvalue weighted by atomic mass is 10.1. The van der Waals surface area contributed by atoms with Gasteiger partial charge in [0.2, 0.25) is 0 Å². The number of ether oxygens (including phenoxy) is 1. The highest BCUT2D eigenvalue weighted by Gasteiger charge is 2.14. The van der Waals surface area contributed by atoms with E-state index in [4.69, 9.17) is 10.5 Å². The highest BCUT2D eigenvalue weighted by atomic mass is 16.5. The molecule has 0 radical (unpaired) electrons. The van der Waals surface area contributed by atoms with Crippen molar-refractivity contribution in [2.24, 2.45) is 7.05 Å². The third-order valence-corrected chi connectivity index (χ3v) is 3.22. The fourth-order valence-electron chi connectivity index (χ4n) is 2.06. The van der Waals surface area contributed by atoms with Gasteiger partial charge in [0.15, 0.2) is 0 Å². The van der Waals surface area contributed by atoms with Crippen molar-refractivity contribution in [3.63, 3.8) is 0 Å². The first-order valence-corrected chi connectivity index (χ1v) is 6.38. The molecule has 0 saturated carbocycles. The van der Waals surface area contributed by atoms with Crippen LogP contribution in [-0.2, 0) is 7.05 Å². The lowest BCUT2D eigenvalue weighted by Gasteiger charge is -2.15. The van der Waals surface area contributed by atoms with Crippen molar-refractivity contribution in [2.75, 3.05) is 12.8 Å². The molecule has 2 rings (SSSR count). The molecule has 0 fully saturated rings. The molecule has 20 heavy (non-hydrogen) atoms. The maximum atomic E-state index is 12.2. The third-order valence-electron chi connectivity index (χ3n) is 3.22. The molecule has 5 nitrogen and oxygen atoms in total. The Bertz CT molecular complexity index is 602. The van der Waals surface area contributed by atoms with Crippen molar-refractivity contribution in [1.82, 2.24) is 9.88 Å². The number of aromatic nitrogens is 1. The van der Waals surface area contributed by atoms with E-state index in [9.17, 15) is 4.79 Å². The summed E-state index contributed by atoms with van der Waals surface area (Å²) in [5.74, 6) is 0.648. The molecule has 1 aromatic heterocycles. The maximum Gasteiger partial charge on any atom is 0.268 e. The number of anilines is 1. The van der Waals surface area contributed by atoms with Crippen LogP contribution in [0.3, 0.4) is 0 Å². The Kier molecular flexibility index (Phi) is 3.98. The predicted octanol–water partition coefficient (Wildman–Crippen LogP) is 2.11. The van der Waals surface area contributed by atoms with E-state index in [0.29, 0.717) is 11.4 Å². The lowest BCUT2D eigenvalue weighted by molar-refractivity contribution is 0.0931. The zero-order valence-electron chi connectivity index (χ0n) is 11.9. The third kappa shape index (κ3) is 2.93. The second-order valence-corrected chi connectivity index (χ2v) is 4.74. The van der Waals surface area contributed by atoms with Gasteiger partial charge in [-0.2, -0.15) is 0 Å². The number of aryl methyl sites for hydroxylation is 1. The predicted molar refractivity (Wildman–Crippen MR) is 78.7 cm³/mol. The minimum absolute atomic E-state index is 0.0930. The Morgan fingerprint density at radius 3 is 2.50 bits per heavy atom. The van der Waals surface area contributed by atoms with Crippen LogP contribution in [0.5, 0.6) is 5.75 Å². The van der Waals surface area contributed by atoms with E-state index in [0.717, 1.165) is 11.3 Å². The lowest BCUT2D eigenvalue weighted by Crippen LogP contribution is -2.28. The Balaban J connectivity index is 2.08. The van der Waals surface area contributed by atoms with Crippen LogP contribution < -0.4 is 15.8 Å². The first-order chi connectivity index (χ1) is 9.51. The Labute approximate surface area is 118 Å². The Morgan fingerprint density at radius 2 is 2.00 bits per heavy atom. The van der Waals surface area contributed by atoms with Crippen LogP contribution in [-0.4, -0.2) is 17.6 Å². The summed E-state index contributed by atoms with van der Waals surface area (Å²) in [6.45, 7) is 1.94. The molecular weight excluding hydrogens is 254 g/mol. The maximum absolute atomic E-state index is 12.2. The molecule has 5 heteroatoms. The molecule has 0 aliphatic heterocycles. The van der Waals surface area contributed by atoms with E-state index in [1.165, 1.54) is 0 Å². The average Bonchev–Trinajstić information content (AvgIpc) is 2.78. The zero-order chi connectivity index (χ0) is 14.7. The highest BCUT2D eigenvalue weighted by Crippen LogP contribution is 2.18. The molecule has 0 aliphatic rings. The normalized spacial score (nSPS) is 11.9. The average molecular weight is 273 g/mol.